The van der Waals surface area contributed by atoms with Crippen molar-refractivity contribution in [1.29, 1.82) is 0 Å². The molecule has 3 amide bonds. The molecule has 0 spiro atoms. The number of piperidine rings is 1. The number of anilines is 1. The van der Waals surface area contributed by atoms with Gasteiger partial charge in [0.05, 0.1) is 16.0 Å². The molecule has 2 aromatic carbocycles. The van der Waals surface area contributed by atoms with Crippen LogP contribution in [0, 0.1) is 16.0 Å². The highest BCUT2D eigenvalue weighted by Crippen LogP contribution is 2.60. The highest BCUT2D eigenvalue weighted by atomic mass is 19.4. The first kappa shape index (κ1) is 17.9. The molecule has 2 aromatic rings. The van der Waals surface area contributed by atoms with E-state index in [2.05, 4.69) is 0 Å². The lowest BCUT2D eigenvalue weighted by molar-refractivity contribution is -0.383. The van der Waals surface area contributed by atoms with Crippen molar-refractivity contribution in [2.75, 3.05) is 4.90 Å². The van der Waals surface area contributed by atoms with Crippen LogP contribution in [0.1, 0.15) is 19.3 Å². The zero-order valence-corrected chi connectivity index (χ0v) is 14.8. The van der Waals surface area contributed by atoms with E-state index in [1.807, 2.05) is 0 Å². The van der Waals surface area contributed by atoms with Crippen LogP contribution in [0.2, 0.25) is 0 Å². The van der Waals surface area contributed by atoms with Gasteiger partial charge < -0.3 is 0 Å². The molecule has 2 bridgehead atoms. The molecule has 1 saturated carbocycles. The molecular formula is C19H14F3N3O4. The zero-order valence-electron chi connectivity index (χ0n) is 14.8. The Morgan fingerprint density at radius 3 is 2.38 bits per heavy atom. The number of imide groups is 1. The molecule has 1 aliphatic carbocycles. The van der Waals surface area contributed by atoms with Crippen LogP contribution in [0.4, 0.5) is 29.3 Å². The minimum atomic E-state index is -4.91. The quantitative estimate of drug-likeness (QED) is 0.430. The minimum absolute atomic E-state index is 0.0707. The third-order valence-electron chi connectivity index (χ3n) is 6.42. The minimum Gasteiger partial charge on any atom is -0.298 e. The first-order chi connectivity index (χ1) is 13.7. The summed E-state index contributed by atoms with van der Waals surface area (Å²) in [6, 6.07) is 6.61. The third kappa shape index (κ3) is 1.98. The van der Waals surface area contributed by atoms with E-state index in [0.29, 0.717) is 16.2 Å². The van der Waals surface area contributed by atoms with Gasteiger partial charge in [0.25, 0.3) is 11.6 Å². The Bertz CT molecular complexity index is 1100. The molecule has 0 aromatic heterocycles. The summed E-state index contributed by atoms with van der Waals surface area (Å²) < 4.78 is 42.7. The summed E-state index contributed by atoms with van der Waals surface area (Å²) in [6.45, 7) is 0. The fourth-order valence-corrected chi connectivity index (χ4v) is 5.33. The van der Waals surface area contributed by atoms with Gasteiger partial charge in [-0.3, -0.25) is 19.8 Å². The number of rotatable bonds is 2. The second-order valence-corrected chi connectivity index (χ2v) is 7.63. The van der Waals surface area contributed by atoms with E-state index >= 15 is 0 Å². The fraction of sp³-hybridized carbons (Fsp3) is 0.368. The average Bonchev–Trinajstić information content (AvgIpc) is 3.32. The Morgan fingerprint density at radius 1 is 1.07 bits per heavy atom. The van der Waals surface area contributed by atoms with Crippen LogP contribution in [-0.2, 0) is 4.79 Å². The molecule has 0 radical (unpaired) electrons. The zero-order chi connectivity index (χ0) is 20.7. The van der Waals surface area contributed by atoms with Crippen molar-refractivity contribution in [2.24, 2.45) is 5.92 Å². The van der Waals surface area contributed by atoms with Crippen molar-refractivity contribution < 1.29 is 27.7 Å². The van der Waals surface area contributed by atoms with Gasteiger partial charge in [0.1, 0.15) is 0 Å². The molecule has 2 heterocycles. The summed E-state index contributed by atoms with van der Waals surface area (Å²) in [5.41, 5.74) is -3.18. The molecule has 10 heteroatoms. The summed E-state index contributed by atoms with van der Waals surface area (Å²) in [7, 11) is 0. The van der Waals surface area contributed by atoms with E-state index in [1.165, 1.54) is 18.2 Å². The summed E-state index contributed by atoms with van der Waals surface area (Å²) in [5.74, 6) is -2.29. The maximum atomic E-state index is 14.2. The van der Waals surface area contributed by atoms with Gasteiger partial charge in [-0.25, -0.2) is 9.69 Å². The molecular weight excluding hydrogens is 391 g/mol. The number of nitrogens with zero attached hydrogens (tertiary/aromatic N) is 3. The first-order valence-electron chi connectivity index (χ1n) is 9.10. The maximum Gasteiger partial charge on any atom is 0.421 e. The molecule has 2 aliphatic heterocycles. The molecule has 0 unspecified atom stereocenters. The van der Waals surface area contributed by atoms with Crippen molar-refractivity contribution in [3.63, 3.8) is 0 Å². The van der Waals surface area contributed by atoms with Crippen LogP contribution in [0.15, 0.2) is 36.4 Å². The van der Waals surface area contributed by atoms with Crippen LogP contribution in [0.5, 0.6) is 0 Å². The summed E-state index contributed by atoms with van der Waals surface area (Å²) in [4.78, 5) is 38.3. The van der Waals surface area contributed by atoms with E-state index < -0.39 is 40.5 Å². The second-order valence-electron chi connectivity index (χ2n) is 7.63. The molecule has 7 nitrogen and oxygen atoms in total. The van der Waals surface area contributed by atoms with Gasteiger partial charge in [0.15, 0.2) is 0 Å². The van der Waals surface area contributed by atoms with Crippen LogP contribution in [-0.4, -0.2) is 39.5 Å². The van der Waals surface area contributed by atoms with Crippen LogP contribution in [0.25, 0.3) is 10.8 Å². The van der Waals surface area contributed by atoms with Gasteiger partial charge in [0.2, 0.25) is 5.54 Å². The SMILES string of the molecule is O=C1N(c2ccc([N+](=O)[O-])c3ccccc23)C(=O)[C@@]2(C(F)(F)F)[C@H]3CC[C@H](C3)N12. The highest BCUT2D eigenvalue weighted by Gasteiger charge is 2.80. The Balaban J connectivity index is 1.74. The monoisotopic (exact) mass is 405 g/mol. The van der Waals surface area contributed by atoms with E-state index in [1.54, 1.807) is 12.1 Å². The number of nitro groups is 1. The van der Waals surface area contributed by atoms with E-state index in [0.717, 1.165) is 6.07 Å². The standard InChI is InChI=1S/C19H14F3N3O4/c20-19(21,22)18-10-5-6-11(9-10)24(18)17(27)23(16(18)26)14-7-8-15(25(28)29)13-4-2-1-3-12(13)14/h1-4,7-8,10-11H,5-6,9H2/t10-,11+,18+/m0/s1. The number of fused-ring (bicyclic) bond motifs is 6. The van der Waals surface area contributed by atoms with Crippen molar-refractivity contribution in [1.82, 2.24) is 4.90 Å². The third-order valence-corrected chi connectivity index (χ3v) is 6.42. The number of carbonyl (C=O) groups excluding carboxylic acids is 2. The van der Waals surface area contributed by atoms with E-state index in [9.17, 15) is 32.9 Å². The topological polar surface area (TPSA) is 83.8 Å². The average molecular weight is 405 g/mol. The number of halogens is 3. The molecule has 150 valence electrons. The number of nitro benzene ring substituents is 1. The number of hydrogen-bond donors (Lipinski definition) is 0. The molecule has 3 aliphatic rings. The van der Waals surface area contributed by atoms with Gasteiger partial charge in [-0.1, -0.05) is 18.2 Å². The van der Waals surface area contributed by atoms with Gasteiger partial charge in [-0.15, -0.1) is 0 Å². The van der Waals surface area contributed by atoms with Crippen molar-refractivity contribution in [3.8, 4) is 0 Å². The van der Waals surface area contributed by atoms with Gasteiger partial charge >= 0.3 is 12.2 Å². The van der Waals surface area contributed by atoms with Crippen molar-refractivity contribution >= 4 is 34.1 Å². The number of urea groups is 1. The molecule has 29 heavy (non-hydrogen) atoms. The maximum absolute atomic E-state index is 14.2. The Morgan fingerprint density at radius 2 is 1.76 bits per heavy atom. The molecule has 0 N–H and O–H groups in total. The normalized spacial score (nSPS) is 28.5. The lowest BCUT2D eigenvalue weighted by Gasteiger charge is -2.39. The highest BCUT2D eigenvalue weighted by molar-refractivity contribution is 6.27. The van der Waals surface area contributed by atoms with E-state index in [4.69, 9.17) is 0 Å². The van der Waals surface area contributed by atoms with Gasteiger partial charge in [-0.2, -0.15) is 13.2 Å². The number of carbonyl (C=O) groups is 2. The predicted octanol–water partition coefficient (Wildman–Crippen LogP) is 4.00. The number of benzene rings is 2. The Hall–Kier alpha value is -3.17. The summed E-state index contributed by atoms with van der Waals surface area (Å²) in [5, 5.41) is 11.6. The molecule has 5 rings (SSSR count). The predicted molar refractivity (Wildman–Crippen MR) is 95.2 cm³/mol. The van der Waals surface area contributed by atoms with Crippen LogP contribution >= 0.6 is 0 Å². The van der Waals surface area contributed by atoms with Crippen molar-refractivity contribution in [3.05, 3.63) is 46.5 Å². The molecule has 3 fully saturated rings. The Labute approximate surface area is 161 Å². The number of alkyl halides is 3. The Kier molecular flexibility index (Phi) is 3.37. The molecule has 3 atom stereocenters. The van der Waals surface area contributed by atoms with Gasteiger partial charge in [0, 0.05) is 23.4 Å². The largest absolute Gasteiger partial charge is 0.421 e. The summed E-state index contributed by atoms with van der Waals surface area (Å²) in [6.07, 6.45) is -4.10. The van der Waals surface area contributed by atoms with Crippen LogP contribution in [0.3, 0.4) is 0 Å². The summed E-state index contributed by atoms with van der Waals surface area (Å²) >= 11 is 0. The molecule has 2 saturated heterocycles. The number of hydrogen-bond acceptors (Lipinski definition) is 4. The fourth-order valence-electron chi connectivity index (χ4n) is 5.33. The number of non-ortho nitro benzene ring substituents is 1. The van der Waals surface area contributed by atoms with Gasteiger partial charge in [-0.05, 0) is 31.4 Å². The lowest BCUT2D eigenvalue weighted by Crippen LogP contribution is -2.63. The van der Waals surface area contributed by atoms with E-state index in [-0.39, 0.29) is 35.0 Å². The first-order valence-corrected chi connectivity index (χ1v) is 9.10. The lowest BCUT2D eigenvalue weighted by atomic mass is 9.82. The second kappa shape index (κ2) is 5.46. The van der Waals surface area contributed by atoms with Crippen LogP contribution < -0.4 is 4.90 Å². The smallest absolute Gasteiger partial charge is 0.298 e. The van der Waals surface area contributed by atoms with Crippen molar-refractivity contribution in [2.45, 2.75) is 37.0 Å². The number of amides is 3.